The lowest BCUT2D eigenvalue weighted by molar-refractivity contribution is -0.149. The highest BCUT2D eigenvalue weighted by Crippen LogP contribution is 2.24. The minimum Gasteiger partial charge on any atom is -0.351 e. The Hall–Kier alpha value is 0.400. The summed E-state index contributed by atoms with van der Waals surface area (Å²) in [6, 6.07) is 0. The SMILES string of the molecule is CCOC(OCC)C(C)(C)Br. The molecule has 0 fully saturated rings. The molecule has 0 aromatic heterocycles. The summed E-state index contributed by atoms with van der Waals surface area (Å²) >= 11 is 3.50. The summed E-state index contributed by atoms with van der Waals surface area (Å²) in [5.41, 5.74) is 0. The predicted octanol–water partition coefficient (Wildman–Crippen LogP) is 2.56. The molecule has 3 heteroatoms. The van der Waals surface area contributed by atoms with E-state index in [1.54, 1.807) is 0 Å². The van der Waals surface area contributed by atoms with Crippen LogP contribution in [0.15, 0.2) is 0 Å². The number of ether oxygens (including phenoxy) is 2. The van der Waals surface area contributed by atoms with Gasteiger partial charge in [0.2, 0.25) is 0 Å². The van der Waals surface area contributed by atoms with Gasteiger partial charge in [0.1, 0.15) is 0 Å². The van der Waals surface area contributed by atoms with Crippen molar-refractivity contribution in [3.05, 3.63) is 0 Å². The van der Waals surface area contributed by atoms with Crippen molar-refractivity contribution in [1.29, 1.82) is 0 Å². The Morgan fingerprint density at radius 2 is 1.55 bits per heavy atom. The second-order valence-electron chi connectivity index (χ2n) is 2.81. The third kappa shape index (κ3) is 4.77. The largest absolute Gasteiger partial charge is 0.351 e. The van der Waals surface area contributed by atoms with Gasteiger partial charge in [-0.05, 0) is 27.7 Å². The number of alkyl halides is 1. The summed E-state index contributed by atoms with van der Waals surface area (Å²) in [5, 5.41) is 0. The van der Waals surface area contributed by atoms with Crippen LogP contribution < -0.4 is 0 Å². The molecule has 68 valence electrons. The van der Waals surface area contributed by atoms with Crippen LogP contribution in [0.25, 0.3) is 0 Å². The summed E-state index contributed by atoms with van der Waals surface area (Å²) in [7, 11) is 0. The molecule has 0 aliphatic rings. The zero-order chi connectivity index (χ0) is 8.91. The Balaban J connectivity index is 3.88. The fourth-order valence-electron chi connectivity index (χ4n) is 0.747. The standard InChI is InChI=1S/C8H17BrO2/c1-5-10-7(11-6-2)8(3,4)9/h7H,5-6H2,1-4H3. The highest BCUT2D eigenvalue weighted by Gasteiger charge is 2.27. The zero-order valence-corrected chi connectivity index (χ0v) is 9.27. The van der Waals surface area contributed by atoms with E-state index in [1.165, 1.54) is 0 Å². The Labute approximate surface area is 77.4 Å². The molecule has 0 radical (unpaired) electrons. The van der Waals surface area contributed by atoms with E-state index in [0.29, 0.717) is 13.2 Å². The fourth-order valence-corrected chi connectivity index (χ4v) is 1.01. The van der Waals surface area contributed by atoms with E-state index in [-0.39, 0.29) is 10.6 Å². The third-order valence-corrected chi connectivity index (χ3v) is 1.57. The summed E-state index contributed by atoms with van der Waals surface area (Å²) in [4.78, 5) is 0. The van der Waals surface area contributed by atoms with E-state index in [4.69, 9.17) is 9.47 Å². The first-order valence-corrected chi connectivity index (χ1v) is 4.73. The van der Waals surface area contributed by atoms with Crippen LogP contribution in [0.3, 0.4) is 0 Å². The molecule has 0 N–H and O–H groups in total. The van der Waals surface area contributed by atoms with Gasteiger partial charge in [0.25, 0.3) is 0 Å². The smallest absolute Gasteiger partial charge is 0.172 e. The van der Waals surface area contributed by atoms with Gasteiger partial charge in [-0.1, -0.05) is 15.9 Å². The van der Waals surface area contributed by atoms with Gasteiger partial charge in [0.05, 0.1) is 4.32 Å². The molecular weight excluding hydrogens is 208 g/mol. The van der Waals surface area contributed by atoms with Gasteiger partial charge in [-0.15, -0.1) is 0 Å². The van der Waals surface area contributed by atoms with Crippen molar-refractivity contribution in [1.82, 2.24) is 0 Å². The number of halogens is 1. The highest BCUT2D eigenvalue weighted by atomic mass is 79.9. The molecule has 0 bridgehead atoms. The van der Waals surface area contributed by atoms with Crippen LogP contribution in [-0.4, -0.2) is 23.8 Å². The first-order chi connectivity index (χ1) is 5.02. The van der Waals surface area contributed by atoms with E-state index in [2.05, 4.69) is 15.9 Å². The third-order valence-electron chi connectivity index (χ3n) is 1.20. The van der Waals surface area contributed by atoms with E-state index in [0.717, 1.165) is 0 Å². The van der Waals surface area contributed by atoms with Gasteiger partial charge < -0.3 is 9.47 Å². The minimum atomic E-state index is -0.155. The van der Waals surface area contributed by atoms with Crippen molar-refractivity contribution >= 4 is 15.9 Å². The van der Waals surface area contributed by atoms with Gasteiger partial charge in [0.15, 0.2) is 6.29 Å². The van der Waals surface area contributed by atoms with E-state index in [9.17, 15) is 0 Å². The molecule has 0 aliphatic heterocycles. The van der Waals surface area contributed by atoms with Crippen molar-refractivity contribution in [2.24, 2.45) is 0 Å². The van der Waals surface area contributed by atoms with Crippen molar-refractivity contribution in [3.8, 4) is 0 Å². The van der Waals surface area contributed by atoms with Gasteiger partial charge in [-0.3, -0.25) is 0 Å². The van der Waals surface area contributed by atoms with Crippen LogP contribution in [0, 0.1) is 0 Å². The average Bonchev–Trinajstić information content (AvgIpc) is 1.85. The Morgan fingerprint density at radius 3 is 1.73 bits per heavy atom. The van der Waals surface area contributed by atoms with Crippen molar-refractivity contribution in [3.63, 3.8) is 0 Å². The Kier molecular flexibility index (Phi) is 5.30. The lowest BCUT2D eigenvalue weighted by Crippen LogP contribution is -2.35. The topological polar surface area (TPSA) is 18.5 Å². The minimum absolute atomic E-state index is 0.112. The van der Waals surface area contributed by atoms with E-state index >= 15 is 0 Å². The molecule has 0 aliphatic carbocycles. The Bertz CT molecular complexity index is 92.8. The molecule has 0 spiro atoms. The molecule has 0 unspecified atom stereocenters. The molecule has 0 saturated heterocycles. The van der Waals surface area contributed by atoms with E-state index < -0.39 is 0 Å². The molecule has 0 aromatic rings. The van der Waals surface area contributed by atoms with Crippen LogP contribution in [0.4, 0.5) is 0 Å². The molecule has 0 saturated carbocycles. The fraction of sp³-hybridized carbons (Fsp3) is 1.00. The summed E-state index contributed by atoms with van der Waals surface area (Å²) in [6.45, 7) is 9.35. The van der Waals surface area contributed by atoms with Crippen LogP contribution in [0.5, 0.6) is 0 Å². The lowest BCUT2D eigenvalue weighted by atomic mass is 10.2. The van der Waals surface area contributed by atoms with Crippen LogP contribution in [-0.2, 0) is 9.47 Å². The van der Waals surface area contributed by atoms with Gasteiger partial charge >= 0.3 is 0 Å². The summed E-state index contributed by atoms with van der Waals surface area (Å²) < 4.78 is 10.6. The first-order valence-electron chi connectivity index (χ1n) is 3.94. The van der Waals surface area contributed by atoms with Crippen molar-refractivity contribution in [2.75, 3.05) is 13.2 Å². The normalized spacial score (nSPS) is 12.5. The van der Waals surface area contributed by atoms with Gasteiger partial charge in [-0.2, -0.15) is 0 Å². The Morgan fingerprint density at radius 1 is 1.18 bits per heavy atom. The second-order valence-corrected chi connectivity index (χ2v) is 4.85. The lowest BCUT2D eigenvalue weighted by Gasteiger charge is -2.27. The molecule has 0 rings (SSSR count). The van der Waals surface area contributed by atoms with Gasteiger partial charge in [0, 0.05) is 13.2 Å². The molecule has 0 atom stereocenters. The number of hydrogen-bond donors (Lipinski definition) is 0. The quantitative estimate of drug-likeness (QED) is 0.528. The highest BCUT2D eigenvalue weighted by molar-refractivity contribution is 9.10. The van der Waals surface area contributed by atoms with Crippen LogP contribution in [0.1, 0.15) is 27.7 Å². The first kappa shape index (κ1) is 11.4. The van der Waals surface area contributed by atoms with Crippen molar-refractivity contribution < 1.29 is 9.47 Å². The molecule has 0 aromatic carbocycles. The van der Waals surface area contributed by atoms with Crippen molar-refractivity contribution in [2.45, 2.75) is 38.3 Å². The maximum atomic E-state index is 5.38. The second kappa shape index (κ2) is 5.12. The predicted molar refractivity (Wildman–Crippen MR) is 50.0 cm³/mol. The van der Waals surface area contributed by atoms with E-state index in [1.807, 2.05) is 27.7 Å². The molecule has 2 nitrogen and oxygen atoms in total. The molecule has 11 heavy (non-hydrogen) atoms. The number of rotatable bonds is 5. The number of hydrogen-bond acceptors (Lipinski definition) is 2. The maximum Gasteiger partial charge on any atom is 0.172 e. The average molecular weight is 225 g/mol. The van der Waals surface area contributed by atoms with Crippen LogP contribution >= 0.6 is 15.9 Å². The zero-order valence-electron chi connectivity index (χ0n) is 7.69. The summed E-state index contributed by atoms with van der Waals surface area (Å²) in [5.74, 6) is 0. The maximum absolute atomic E-state index is 5.38. The van der Waals surface area contributed by atoms with Gasteiger partial charge in [-0.25, -0.2) is 0 Å². The molecule has 0 amide bonds. The monoisotopic (exact) mass is 224 g/mol. The molecule has 0 heterocycles. The molecular formula is C8H17BrO2. The summed E-state index contributed by atoms with van der Waals surface area (Å²) in [6.07, 6.45) is -0.155. The van der Waals surface area contributed by atoms with Crippen LogP contribution in [0.2, 0.25) is 0 Å².